The molecule has 1 atom stereocenters. The maximum absolute atomic E-state index is 12.6. The van der Waals surface area contributed by atoms with Crippen LogP contribution in [-0.2, 0) is 0 Å². The normalized spacial score (nSPS) is 26.8. The van der Waals surface area contributed by atoms with E-state index in [1.165, 1.54) is 0 Å². The topological polar surface area (TPSA) is 12.0 Å². The number of hydrogen-bond donors (Lipinski definition) is 1. The lowest BCUT2D eigenvalue weighted by molar-refractivity contribution is -0.00511. The van der Waals surface area contributed by atoms with Gasteiger partial charge >= 0.3 is 0 Å². The number of rotatable bonds is 2. The van der Waals surface area contributed by atoms with Crippen molar-refractivity contribution in [3.8, 4) is 0 Å². The van der Waals surface area contributed by atoms with Gasteiger partial charge in [-0.2, -0.15) is 0 Å². The Morgan fingerprint density at radius 2 is 2.08 bits per heavy atom. The first-order valence-electron chi connectivity index (χ1n) is 4.66. The summed E-state index contributed by atoms with van der Waals surface area (Å²) in [5.74, 6) is -2.25. The maximum atomic E-state index is 12.6. The molecule has 0 amide bonds. The van der Waals surface area contributed by atoms with E-state index in [4.69, 9.17) is 0 Å². The number of nitrogens with one attached hydrogen (secondary N) is 1. The van der Waals surface area contributed by atoms with Crippen molar-refractivity contribution in [3.63, 3.8) is 0 Å². The molecule has 0 aliphatic carbocycles. The molecule has 0 aromatic carbocycles. The molecule has 1 N–H and O–H groups in total. The van der Waals surface area contributed by atoms with Crippen LogP contribution < -0.4 is 5.32 Å². The van der Waals surface area contributed by atoms with Crippen molar-refractivity contribution in [3.05, 3.63) is 0 Å². The lowest BCUT2D eigenvalue weighted by atomic mass is 9.94. The van der Waals surface area contributed by atoms with Crippen LogP contribution in [0.4, 0.5) is 8.78 Å². The first-order chi connectivity index (χ1) is 5.58. The molecule has 12 heavy (non-hydrogen) atoms. The second kappa shape index (κ2) is 4.17. The quantitative estimate of drug-likeness (QED) is 0.683. The Bertz CT molecular complexity index is 123. The standard InChI is InChI=1S/C9H17F2N/c1-9(10,11)7-8-3-2-5-12-6-4-8/h8,12H,2-7H2,1H3. The van der Waals surface area contributed by atoms with Gasteiger partial charge in [-0.25, -0.2) is 8.78 Å². The van der Waals surface area contributed by atoms with Gasteiger partial charge in [-0.15, -0.1) is 0 Å². The molecule has 72 valence electrons. The predicted octanol–water partition coefficient (Wildman–Crippen LogP) is 2.42. The highest BCUT2D eigenvalue weighted by atomic mass is 19.3. The van der Waals surface area contributed by atoms with Crippen LogP contribution in [0.1, 0.15) is 32.6 Å². The molecule has 1 rings (SSSR count). The highest BCUT2D eigenvalue weighted by Crippen LogP contribution is 2.28. The van der Waals surface area contributed by atoms with Crippen molar-refractivity contribution in [1.82, 2.24) is 5.32 Å². The second-order valence-corrected chi connectivity index (χ2v) is 3.82. The van der Waals surface area contributed by atoms with Crippen LogP contribution in [0.5, 0.6) is 0 Å². The van der Waals surface area contributed by atoms with Crippen molar-refractivity contribution < 1.29 is 8.78 Å². The zero-order valence-corrected chi connectivity index (χ0v) is 7.58. The average Bonchev–Trinajstić information content (AvgIpc) is 2.12. The molecule has 1 heterocycles. The summed E-state index contributed by atoms with van der Waals surface area (Å²) in [7, 11) is 0. The molecule has 0 bridgehead atoms. The van der Waals surface area contributed by atoms with E-state index in [-0.39, 0.29) is 12.3 Å². The van der Waals surface area contributed by atoms with Gasteiger partial charge in [-0.1, -0.05) is 0 Å². The zero-order chi connectivity index (χ0) is 9.03. The van der Waals surface area contributed by atoms with Crippen LogP contribution in [0, 0.1) is 5.92 Å². The van der Waals surface area contributed by atoms with E-state index in [2.05, 4.69) is 5.32 Å². The molecule has 0 saturated carbocycles. The van der Waals surface area contributed by atoms with Gasteiger partial charge in [0.25, 0.3) is 0 Å². The minimum atomic E-state index is -2.48. The molecule has 0 aromatic rings. The molecule has 1 saturated heterocycles. The summed E-state index contributed by atoms with van der Waals surface area (Å²) in [5, 5.41) is 3.22. The van der Waals surface area contributed by atoms with Crippen LogP contribution in [0.2, 0.25) is 0 Å². The fraction of sp³-hybridized carbons (Fsp3) is 1.00. The van der Waals surface area contributed by atoms with Crippen LogP contribution in [0.15, 0.2) is 0 Å². The first-order valence-corrected chi connectivity index (χ1v) is 4.66. The first kappa shape index (κ1) is 9.90. The third kappa shape index (κ3) is 4.00. The van der Waals surface area contributed by atoms with Gasteiger partial charge in [0.2, 0.25) is 5.92 Å². The van der Waals surface area contributed by atoms with Gasteiger partial charge in [0.15, 0.2) is 0 Å². The largest absolute Gasteiger partial charge is 0.317 e. The lowest BCUT2D eigenvalue weighted by Crippen LogP contribution is -2.18. The molecule has 1 nitrogen and oxygen atoms in total. The molecule has 1 aliphatic heterocycles. The molecule has 0 aromatic heterocycles. The summed E-state index contributed by atoms with van der Waals surface area (Å²) in [5.41, 5.74) is 0. The molecule has 1 unspecified atom stereocenters. The Balaban J connectivity index is 2.30. The summed E-state index contributed by atoms with van der Waals surface area (Å²) < 4.78 is 25.2. The van der Waals surface area contributed by atoms with Gasteiger partial charge in [-0.05, 0) is 45.2 Å². The Morgan fingerprint density at radius 3 is 2.75 bits per heavy atom. The van der Waals surface area contributed by atoms with Crippen molar-refractivity contribution in [1.29, 1.82) is 0 Å². The van der Waals surface area contributed by atoms with Crippen molar-refractivity contribution in [2.45, 2.75) is 38.5 Å². The van der Waals surface area contributed by atoms with Gasteiger partial charge in [-0.3, -0.25) is 0 Å². The average molecular weight is 177 g/mol. The Labute approximate surface area is 72.5 Å². The van der Waals surface area contributed by atoms with Gasteiger partial charge in [0.1, 0.15) is 0 Å². The molecule has 3 heteroatoms. The van der Waals surface area contributed by atoms with E-state index in [1.54, 1.807) is 0 Å². The molecule has 0 spiro atoms. The fourth-order valence-corrected chi connectivity index (χ4v) is 1.80. The predicted molar refractivity (Wildman–Crippen MR) is 45.4 cm³/mol. The SMILES string of the molecule is CC(F)(F)CC1CCCNCC1. The molecule has 1 fully saturated rings. The molecular weight excluding hydrogens is 160 g/mol. The third-order valence-corrected chi connectivity index (χ3v) is 2.34. The monoisotopic (exact) mass is 177 g/mol. The van der Waals surface area contributed by atoms with Crippen molar-refractivity contribution in [2.24, 2.45) is 5.92 Å². The Kier molecular flexibility index (Phi) is 3.44. The molecular formula is C9H17F2N. The van der Waals surface area contributed by atoms with E-state index in [0.717, 1.165) is 39.3 Å². The zero-order valence-electron chi connectivity index (χ0n) is 7.58. The number of hydrogen-bond acceptors (Lipinski definition) is 1. The van der Waals surface area contributed by atoms with Crippen LogP contribution in [0.25, 0.3) is 0 Å². The molecule has 0 radical (unpaired) electrons. The fourth-order valence-electron chi connectivity index (χ4n) is 1.80. The van der Waals surface area contributed by atoms with Gasteiger partial charge in [0, 0.05) is 6.42 Å². The summed E-state index contributed by atoms with van der Waals surface area (Å²) in [6.07, 6.45) is 2.97. The van der Waals surface area contributed by atoms with Gasteiger partial charge in [0.05, 0.1) is 0 Å². The van der Waals surface area contributed by atoms with E-state index < -0.39 is 5.92 Å². The van der Waals surface area contributed by atoms with Crippen molar-refractivity contribution in [2.75, 3.05) is 13.1 Å². The van der Waals surface area contributed by atoms with E-state index in [0.29, 0.717) is 0 Å². The summed E-state index contributed by atoms with van der Waals surface area (Å²) in [6.45, 7) is 2.91. The second-order valence-electron chi connectivity index (χ2n) is 3.82. The molecule has 1 aliphatic rings. The smallest absolute Gasteiger partial charge is 0.245 e. The Hall–Kier alpha value is -0.180. The van der Waals surface area contributed by atoms with Gasteiger partial charge < -0.3 is 5.32 Å². The van der Waals surface area contributed by atoms with E-state index >= 15 is 0 Å². The summed E-state index contributed by atoms with van der Waals surface area (Å²) >= 11 is 0. The Morgan fingerprint density at radius 1 is 1.33 bits per heavy atom. The maximum Gasteiger partial charge on any atom is 0.245 e. The third-order valence-electron chi connectivity index (χ3n) is 2.34. The highest BCUT2D eigenvalue weighted by Gasteiger charge is 2.26. The van der Waals surface area contributed by atoms with E-state index in [9.17, 15) is 8.78 Å². The summed E-state index contributed by atoms with van der Waals surface area (Å²) in [4.78, 5) is 0. The lowest BCUT2D eigenvalue weighted by Gasteiger charge is -2.18. The van der Waals surface area contributed by atoms with Crippen LogP contribution in [0.3, 0.4) is 0 Å². The van der Waals surface area contributed by atoms with E-state index in [1.807, 2.05) is 0 Å². The van der Waals surface area contributed by atoms with Crippen molar-refractivity contribution >= 4 is 0 Å². The highest BCUT2D eigenvalue weighted by molar-refractivity contribution is 4.71. The van der Waals surface area contributed by atoms with Crippen LogP contribution in [-0.4, -0.2) is 19.0 Å². The summed E-state index contributed by atoms with van der Waals surface area (Å²) in [6, 6.07) is 0. The minimum Gasteiger partial charge on any atom is -0.317 e. The minimum absolute atomic E-state index is 0.0642. The number of halogens is 2. The number of alkyl halides is 2. The van der Waals surface area contributed by atoms with Crippen LogP contribution >= 0.6 is 0 Å².